The Balaban J connectivity index is 2.11. The third kappa shape index (κ3) is 2.13. The van der Waals surface area contributed by atoms with Gasteiger partial charge in [0.2, 0.25) is 0 Å². The van der Waals surface area contributed by atoms with Gasteiger partial charge in [-0.1, -0.05) is 6.42 Å². The molecule has 1 aliphatic carbocycles. The van der Waals surface area contributed by atoms with Gasteiger partial charge in [0.15, 0.2) is 17.5 Å². The number of hydrogen-bond acceptors (Lipinski definition) is 2. The molecule has 2 nitrogen and oxygen atoms in total. The van der Waals surface area contributed by atoms with Crippen LogP contribution in [-0.4, -0.2) is 11.0 Å². The summed E-state index contributed by atoms with van der Waals surface area (Å²) in [6.07, 6.45) is 3.34. The number of aromatic nitrogens is 1. The van der Waals surface area contributed by atoms with Gasteiger partial charge in [0.05, 0.1) is 0 Å². The average molecular weight is 230 g/mol. The number of pyridine rings is 1. The summed E-state index contributed by atoms with van der Waals surface area (Å²) in [4.78, 5) is 3.23. The van der Waals surface area contributed by atoms with Crippen molar-refractivity contribution in [2.45, 2.75) is 32.2 Å². The second kappa shape index (κ2) is 4.31. The Bertz CT molecular complexity index is 391. The Hall–Kier alpha value is -1.26. The minimum Gasteiger partial charge on any atom is -0.365 e. The molecule has 2 rings (SSSR count). The molecule has 1 fully saturated rings. The van der Waals surface area contributed by atoms with Crippen LogP contribution in [0.15, 0.2) is 6.07 Å². The van der Waals surface area contributed by atoms with Crippen LogP contribution in [0.25, 0.3) is 0 Å². The van der Waals surface area contributed by atoms with Gasteiger partial charge in [-0.2, -0.15) is 9.37 Å². The predicted molar refractivity (Wildman–Crippen MR) is 54.5 cm³/mol. The van der Waals surface area contributed by atoms with E-state index < -0.39 is 17.6 Å². The van der Waals surface area contributed by atoms with E-state index in [9.17, 15) is 13.2 Å². The molecule has 88 valence electrons. The molecule has 1 aromatic heterocycles. The van der Waals surface area contributed by atoms with E-state index in [0.29, 0.717) is 12.0 Å². The highest BCUT2D eigenvalue weighted by molar-refractivity contribution is 5.37. The molecule has 1 heterocycles. The molecule has 1 N–H and O–H groups in total. The van der Waals surface area contributed by atoms with Gasteiger partial charge < -0.3 is 5.32 Å². The van der Waals surface area contributed by atoms with Crippen molar-refractivity contribution < 1.29 is 13.2 Å². The summed E-state index contributed by atoms with van der Waals surface area (Å²) in [5, 5.41) is 2.79. The molecule has 1 aromatic rings. The minimum atomic E-state index is -1.27. The maximum Gasteiger partial charge on any atom is 0.251 e. The summed E-state index contributed by atoms with van der Waals surface area (Å²) < 4.78 is 38.7. The second-order valence-corrected chi connectivity index (χ2v) is 4.22. The van der Waals surface area contributed by atoms with Gasteiger partial charge in [0.1, 0.15) is 0 Å². The fraction of sp³-hybridized carbons (Fsp3) is 0.545. The summed E-state index contributed by atoms with van der Waals surface area (Å²) in [5.74, 6) is -3.14. The van der Waals surface area contributed by atoms with Crippen LogP contribution in [0.1, 0.15) is 26.2 Å². The second-order valence-electron chi connectivity index (χ2n) is 4.22. The first kappa shape index (κ1) is 11.2. The van der Waals surface area contributed by atoms with Gasteiger partial charge in [0.25, 0.3) is 5.95 Å². The Kier molecular flexibility index (Phi) is 3.03. The number of halogens is 3. The molecule has 0 spiro atoms. The van der Waals surface area contributed by atoms with Crippen molar-refractivity contribution in [2.75, 3.05) is 5.32 Å². The fourth-order valence-corrected chi connectivity index (χ4v) is 1.82. The van der Waals surface area contributed by atoms with Crippen LogP contribution >= 0.6 is 0 Å². The zero-order valence-corrected chi connectivity index (χ0v) is 8.93. The fourth-order valence-electron chi connectivity index (χ4n) is 1.82. The lowest BCUT2D eigenvalue weighted by atomic mass is 9.80. The number of anilines is 1. The van der Waals surface area contributed by atoms with Crippen molar-refractivity contribution in [2.24, 2.45) is 5.92 Å². The van der Waals surface area contributed by atoms with E-state index in [1.54, 1.807) is 0 Å². The molecule has 1 saturated carbocycles. The van der Waals surface area contributed by atoms with E-state index in [1.807, 2.05) is 6.92 Å². The van der Waals surface area contributed by atoms with E-state index >= 15 is 0 Å². The van der Waals surface area contributed by atoms with E-state index in [2.05, 4.69) is 10.3 Å². The lowest BCUT2D eigenvalue weighted by molar-refractivity contribution is 0.284. The van der Waals surface area contributed by atoms with Crippen molar-refractivity contribution in [1.82, 2.24) is 4.98 Å². The maximum atomic E-state index is 13.2. The summed E-state index contributed by atoms with van der Waals surface area (Å²) in [6, 6.07) is 0.540. The van der Waals surface area contributed by atoms with Crippen LogP contribution in [0.3, 0.4) is 0 Å². The molecule has 5 heteroatoms. The van der Waals surface area contributed by atoms with Crippen LogP contribution in [0.5, 0.6) is 0 Å². The summed E-state index contributed by atoms with van der Waals surface area (Å²) in [6.45, 7) is 1.90. The van der Waals surface area contributed by atoms with Crippen molar-refractivity contribution in [1.29, 1.82) is 0 Å². The largest absolute Gasteiger partial charge is 0.365 e. The van der Waals surface area contributed by atoms with E-state index in [1.165, 1.54) is 6.42 Å². The molecular formula is C11H13F3N2. The first-order valence-electron chi connectivity index (χ1n) is 5.36. The SMILES string of the molecule is CC(Nc1nc(F)c(F)cc1F)C1CCC1. The van der Waals surface area contributed by atoms with Gasteiger partial charge in [0, 0.05) is 12.1 Å². The van der Waals surface area contributed by atoms with E-state index in [4.69, 9.17) is 0 Å². The third-order valence-corrected chi connectivity index (χ3v) is 3.11. The first-order chi connectivity index (χ1) is 7.58. The molecule has 0 aromatic carbocycles. The van der Waals surface area contributed by atoms with E-state index in [-0.39, 0.29) is 11.9 Å². The summed E-state index contributed by atoms with van der Waals surface area (Å²) >= 11 is 0. The highest BCUT2D eigenvalue weighted by Crippen LogP contribution is 2.31. The molecule has 0 bridgehead atoms. The Morgan fingerprint density at radius 1 is 1.31 bits per heavy atom. The average Bonchev–Trinajstić information content (AvgIpc) is 2.11. The van der Waals surface area contributed by atoms with Crippen molar-refractivity contribution >= 4 is 5.82 Å². The van der Waals surface area contributed by atoms with Crippen molar-refractivity contribution in [3.63, 3.8) is 0 Å². The standard InChI is InChI=1S/C11H13F3N2/c1-6(7-3-2-4-7)15-11-9(13)5-8(12)10(14)16-11/h5-7H,2-4H2,1H3,(H,15,16). The number of nitrogens with one attached hydrogen (secondary N) is 1. The molecule has 0 radical (unpaired) electrons. The third-order valence-electron chi connectivity index (χ3n) is 3.11. The van der Waals surface area contributed by atoms with E-state index in [0.717, 1.165) is 12.8 Å². The van der Waals surface area contributed by atoms with Crippen LogP contribution in [0.2, 0.25) is 0 Å². The quantitative estimate of drug-likeness (QED) is 0.807. The minimum absolute atomic E-state index is 0.0283. The monoisotopic (exact) mass is 230 g/mol. The van der Waals surface area contributed by atoms with Crippen LogP contribution < -0.4 is 5.32 Å². The maximum absolute atomic E-state index is 13.2. The molecule has 0 amide bonds. The van der Waals surface area contributed by atoms with Gasteiger partial charge in [-0.15, -0.1) is 0 Å². The molecular weight excluding hydrogens is 217 g/mol. The van der Waals surface area contributed by atoms with Crippen molar-refractivity contribution in [3.05, 3.63) is 23.6 Å². The molecule has 16 heavy (non-hydrogen) atoms. The lowest BCUT2D eigenvalue weighted by Gasteiger charge is -2.32. The number of rotatable bonds is 3. The molecule has 1 aliphatic rings. The Labute approximate surface area is 91.9 Å². The van der Waals surface area contributed by atoms with Crippen LogP contribution in [0.4, 0.5) is 19.0 Å². The van der Waals surface area contributed by atoms with Gasteiger partial charge in [-0.25, -0.2) is 8.78 Å². The number of nitrogens with zero attached hydrogens (tertiary/aromatic N) is 1. The normalized spacial score (nSPS) is 18.0. The predicted octanol–water partition coefficient (Wildman–Crippen LogP) is 3.10. The smallest absolute Gasteiger partial charge is 0.251 e. The van der Waals surface area contributed by atoms with Gasteiger partial charge in [-0.05, 0) is 25.7 Å². The highest BCUT2D eigenvalue weighted by atomic mass is 19.2. The lowest BCUT2D eigenvalue weighted by Crippen LogP contribution is -2.31. The molecule has 1 unspecified atom stereocenters. The van der Waals surface area contributed by atoms with Crippen LogP contribution in [0, 0.1) is 23.5 Å². The number of hydrogen-bond donors (Lipinski definition) is 1. The van der Waals surface area contributed by atoms with Crippen LogP contribution in [-0.2, 0) is 0 Å². The van der Waals surface area contributed by atoms with Gasteiger partial charge >= 0.3 is 0 Å². The molecule has 1 atom stereocenters. The zero-order valence-electron chi connectivity index (χ0n) is 8.93. The molecule has 0 aliphatic heterocycles. The highest BCUT2D eigenvalue weighted by Gasteiger charge is 2.25. The topological polar surface area (TPSA) is 24.9 Å². The zero-order chi connectivity index (χ0) is 11.7. The first-order valence-corrected chi connectivity index (χ1v) is 5.36. The Morgan fingerprint density at radius 2 is 2.00 bits per heavy atom. The summed E-state index contributed by atoms with van der Waals surface area (Å²) in [5.41, 5.74) is 0. The summed E-state index contributed by atoms with van der Waals surface area (Å²) in [7, 11) is 0. The van der Waals surface area contributed by atoms with Crippen molar-refractivity contribution in [3.8, 4) is 0 Å². The molecule has 0 saturated heterocycles. The Morgan fingerprint density at radius 3 is 2.56 bits per heavy atom. The van der Waals surface area contributed by atoms with Gasteiger partial charge in [-0.3, -0.25) is 0 Å².